The molecule has 9 heteroatoms. The second kappa shape index (κ2) is 11.8. The fourth-order valence-electron chi connectivity index (χ4n) is 4.55. The minimum atomic E-state index is -0.696. The van der Waals surface area contributed by atoms with Crippen molar-refractivity contribution in [3.05, 3.63) is 94.1 Å². The summed E-state index contributed by atoms with van der Waals surface area (Å²) in [4.78, 5) is 28.1. The third-order valence-corrected chi connectivity index (χ3v) is 6.82. The zero-order chi connectivity index (χ0) is 26.4. The van der Waals surface area contributed by atoms with Gasteiger partial charge in [-0.25, -0.2) is 4.79 Å². The average Bonchev–Trinajstić information content (AvgIpc) is 3.32. The van der Waals surface area contributed by atoms with Crippen LogP contribution in [0.2, 0.25) is 0 Å². The van der Waals surface area contributed by atoms with Crippen LogP contribution in [0.1, 0.15) is 35.1 Å². The van der Waals surface area contributed by atoms with Gasteiger partial charge in [-0.3, -0.25) is 4.79 Å². The van der Waals surface area contributed by atoms with Crippen LogP contribution < -0.4 is 25.8 Å². The lowest BCUT2D eigenvalue weighted by molar-refractivity contribution is -0.121. The molecule has 37 heavy (non-hydrogen) atoms. The van der Waals surface area contributed by atoms with Crippen LogP contribution in [0.4, 0.5) is 4.79 Å². The fourth-order valence-corrected chi connectivity index (χ4v) is 4.81. The minimum Gasteiger partial charge on any atom is -0.493 e. The van der Waals surface area contributed by atoms with Crippen LogP contribution in [0.25, 0.3) is 10.9 Å². The SMILES string of the molecule is COc1cccc([C@@H](CNC(=O)C[C@@H](NC(N)=O)c2ccc(Br)cc2)c2c[nH]c3ccccc23)c1OC. The molecule has 4 aromatic rings. The van der Waals surface area contributed by atoms with Gasteiger partial charge in [0, 0.05) is 39.6 Å². The van der Waals surface area contributed by atoms with Gasteiger partial charge in [0.1, 0.15) is 0 Å². The number of amides is 3. The monoisotopic (exact) mass is 564 g/mol. The molecule has 0 aliphatic carbocycles. The predicted octanol–water partition coefficient (Wildman–Crippen LogP) is 5.00. The van der Waals surface area contributed by atoms with E-state index in [-0.39, 0.29) is 18.2 Å². The van der Waals surface area contributed by atoms with E-state index in [0.717, 1.165) is 32.1 Å². The minimum absolute atomic E-state index is 0.0282. The van der Waals surface area contributed by atoms with Crippen LogP contribution in [0, 0.1) is 0 Å². The van der Waals surface area contributed by atoms with Gasteiger partial charge in [-0.2, -0.15) is 0 Å². The summed E-state index contributed by atoms with van der Waals surface area (Å²) >= 11 is 3.40. The number of fused-ring (bicyclic) bond motifs is 1. The molecular weight excluding hydrogens is 536 g/mol. The van der Waals surface area contributed by atoms with Crippen molar-refractivity contribution in [1.29, 1.82) is 0 Å². The lowest BCUT2D eigenvalue weighted by Crippen LogP contribution is -2.37. The van der Waals surface area contributed by atoms with Crippen LogP contribution >= 0.6 is 15.9 Å². The van der Waals surface area contributed by atoms with E-state index >= 15 is 0 Å². The molecule has 0 fully saturated rings. The van der Waals surface area contributed by atoms with Gasteiger partial charge < -0.3 is 30.8 Å². The number of aromatic amines is 1. The fraction of sp³-hybridized carbons (Fsp3) is 0.214. The standard InChI is InChI=1S/C28H29BrN4O4/c1-36-25-9-5-7-20(27(25)37-2)22(21-15-31-23-8-4-3-6-19(21)23)16-32-26(34)14-24(33-28(30)35)17-10-12-18(29)13-11-17/h3-13,15,22,24,31H,14,16H2,1-2H3,(H,32,34)(H3,30,33,35)/t22-,24-/m1/s1. The smallest absolute Gasteiger partial charge is 0.312 e. The molecular formula is C28H29BrN4O4. The molecule has 0 saturated carbocycles. The molecule has 0 saturated heterocycles. The number of nitrogens with one attached hydrogen (secondary N) is 3. The lowest BCUT2D eigenvalue weighted by Gasteiger charge is -2.23. The maximum absolute atomic E-state index is 13.1. The van der Waals surface area contributed by atoms with Crippen LogP contribution in [0.5, 0.6) is 11.5 Å². The second-order valence-electron chi connectivity index (χ2n) is 8.55. The molecule has 3 amide bonds. The molecule has 0 unspecified atom stereocenters. The molecule has 2 atom stereocenters. The summed E-state index contributed by atoms with van der Waals surface area (Å²) < 4.78 is 12.2. The van der Waals surface area contributed by atoms with E-state index in [1.54, 1.807) is 14.2 Å². The van der Waals surface area contributed by atoms with Crippen molar-refractivity contribution in [3.63, 3.8) is 0 Å². The van der Waals surface area contributed by atoms with Crippen LogP contribution in [0.3, 0.4) is 0 Å². The summed E-state index contributed by atoms with van der Waals surface area (Å²) in [6.45, 7) is 0.299. The molecule has 1 aromatic heterocycles. The number of methoxy groups -OCH3 is 2. The third kappa shape index (κ3) is 6.06. The predicted molar refractivity (Wildman–Crippen MR) is 147 cm³/mol. The van der Waals surface area contributed by atoms with E-state index < -0.39 is 12.1 Å². The van der Waals surface area contributed by atoms with Crippen molar-refractivity contribution in [2.75, 3.05) is 20.8 Å². The van der Waals surface area contributed by atoms with Crippen LogP contribution in [-0.2, 0) is 4.79 Å². The summed E-state index contributed by atoms with van der Waals surface area (Å²) in [5.41, 5.74) is 9.06. The van der Waals surface area contributed by atoms with Crippen molar-refractivity contribution in [2.45, 2.75) is 18.4 Å². The quantitative estimate of drug-likeness (QED) is 0.217. The number of rotatable bonds is 10. The summed E-state index contributed by atoms with van der Waals surface area (Å²) in [6.07, 6.45) is 1.99. The number of halogens is 1. The van der Waals surface area contributed by atoms with Crippen LogP contribution in [0.15, 0.2) is 77.4 Å². The Bertz CT molecular complexity index is 1390. The average molecular weight is 565 g/mol. The molecule has 1 heterocycles. The Morgan fingerprint density at radius 3 is 2.43 bits per heavy atom. The van der Waals surface area contributed by atoms with Crippen molar-refractivity contribution >= 4 is 38.8 Å². The van der Waals surface area contributed by atoms with Gasteiger partial charge in [-0.1, -0.05) is 58.4 Å². The summed E-state index contributed by atoms with van der Waals surface area (Å²) in [5.74, 6) is 0.753. The van der Waals surface area contributed by atoms with Crippen molar-refractivity contribution in [3.8, 4) is 11.5 Å². The number of ether oxygens (including phenoxy) is 2. The highest BCUT2D eigenvalue weighted by molar-refractivity contribution is 9.10. The van der Waals surface area contributed by atoms with Gasteiger partial charge in [0.05, 0.1) is 26.7 Å². The molecule has 0 spiro atoms. The molecule has 0 aliphatic heterocycles. The third-order valence-electron chi connectivity index (χ3n) is 6.29. The van der Waals surface area contributed by atoms with Gasteiger partial charge >= 0.3 is 6.03 Å². The number of benzene rings is 3. The number of nitrogens with two attached hydrogens (primary N) is 1. The van der Waals surface area contributed by atoms with Crippen LogP contribution in [-0.4, -0.2) is 37.7 Å². The molecule has 0 aliphatic rings. The van der Waals surface area contributed by atoms with Crippen molar-refractivity contribution in [1.82, 2.24) is 15.6 Å². The number of hydrogen-bond donors (Lipinski definition) is 4. The zero-order valence-corrected chi connectivity index (χ0v) is 22.2. The Morgan fingerprint density at radius 2 is 1.73 bits per heavy atom. The number of primary amides is 1. The Balaban J connectivity index is 1.62. The van der Waals surface area contributed by atoms with Gasteiger partial charge in [0.15, 0.2) is 11.5 Å². The molecule has 5 N–H and O–H groups in total. The second-order valence-corrected chi connectivity index (χ2v) is 9.46. The Hall–Kier alpha value is -3.98. The molecule has 8 nitrogen and oxygen atoms in total. The number of hydrogen-bond acceptors (Lipinski definition) is 4. The van der Waals surface area contributed by atoms with E-state index in [4.69, 9.17) is 15.2 Å². The van der Waals surface area contributed by atoms with Gasteiger partial charge in [-0.05, 0) is 35.4 Å². The zero-order valence-electron chi connectivity index (χ0n) is 20.6. The number of carbonyl (C=O) groups is 2. The van der Waals surface area contributed by atoms with E-state index in [0.29, 0.717) is 18.0 Å². The summed E-state index contributed by atoms with van der Waals surface area (Å²) in [5, 5.41) is 6.78. The number of carbonyl (C=O) groups excluding carboxylic acids is 2. The highest BCUT2D eigenvalue weighted by atomic mass is 79.9. The van der Waals surface area contributed by atoms with Crippen molar-refractivity contribution in [2.24, 2.45) is 5.73 Å². The van der Waals surface area contributed by atoms with Gasteiger partial charge in [0.25, 0.3) is 0 Å². The van der Waals surface area contributed by atoms with Gasteiger partial charge in [-0.15, -0.1) is 0 Å². The first-order valence-corrected chi connectivity index (χ1v) is 12.6. The topological polar surface area (TPSA) is 118 Å². The number of para-hydroxylation sites is 2. The molecule has 3 aromatic carbocycles. The maximum atomic E-state index is 13.1. The molecule has 0 radical (unpaired) electrons. The maximum Gasteiger partial charge on any atom is 0.312 e. The summed E-state index contributed by atoms with van der Waals surface area (Å²) in [7, 11) is 3.20. The first kappa shape index (κ1) is 26.1. The Labute approximate surface area is 223 Å². The number of H-pyrrole nitrogens is 1. The highest BCUT2D eigenvalue weighted by Crippen LogP contribution is 2.40. The Kier molecular flexibility index (Phi) is 8.35. The van der Waals surface area contributed by atoms with E-state index in [9.17, 15) is 9.59 Å². The van der Waals surface area contributed by atoms with Crippen molar-refractivity contribution < 1.29 is 19.1 Å². The largest absolute Gasteiger partial charge is 0.493 e. The van der Waals surface area contributed by atoms with Gasteiger partial charge in [0.2, 0.25) is 5.91 Å². The molecule has 4 rings (SSSR count). The number of urea groups is 1. The first-order valence-electron chi connectivity index (χ1n) is 11.8. The highest BCUT2D eigenvalue weighted by Gasteiger charge is 2.25. The van der Waals surface area contributed by atoms with E-state index in [1.165, 1.54) is 0 Å². The first-order chi connectivity index (χ1) is 17.9. The lowest BCUT2D eigenvalue weighted by atomic mass is 9.89. The molecule has 0 bridgehead atoms. The van der Waals surface area contributed by atoms with E-state index in [1.807, 2.05) is 72.9 Å². The van der Waals surface area contributed by atoms with E-state index in [2.05, 4.69) is 31.5 Å². The number of aromatic nitrogens is 1. The molecule has 192 valence electrons. The normalized spacial score (nSPS) is 12.5. The summed E-state index contributed by atoms with van der Waals surface area (Å²) in [6, 6.07) is 19.8. The Morgan fingerprint density at radius 1 is 0.973 bits per heavy atom.